The Morgan fingerprint density at radius 1 is 1.13 bits per heavy atom. The van der Waals surface area contributed by atoms with Crippen molar-refractivity contribution in [1.82, 2.24) is 19.2 Å². The number of ether oxygens (including phenoxy) is 1. The van der Waals surface area contributed by atoms with E-state index in [4.69, 9.17) is 4.74 Å². The number of fused-ring (bicyclic) bond motifs is 1. The minimum Gasteiger partial charge on any atom is -0.461 e. The summed E-state index contributed by atoms with van der Waals surface area (Å²) in [6, 6.07) is 5.26. The van der Waals surface area contributed by atoms with Gasteiger partial charge in [-0.2, -0.15) is 0 Å². The number of aromatic nitrogens is 2. The van der Waals surface area contributed by atoms with Gasteiger partial charge in [-0.25, -0.2) is 4.98 Å². The van der Waals surface area contributed by atoms with E-state index in [9.17, 15) is 14.4 Å². The van der Waals surface area contributed by atoms with Crippen molar-refractivity contribution in [2.45, 2.75) is 38.2 Å². The number of hydrogen-bond acceptors (Lipinski definition) is 6. The van der Waals surface area contributed by atoms with Gasteiger partial charge in [0, 0.05) is 38.4 Å². The molecule has 0 bridgehead atoms. The molecule has 3 aliphatic heterocycles. The summed E-state index contributed by atoms with van der Waals surface area (Å²) in [4.78, 5) is 46.7. The minimum atomic E-state index is -0.488. The van der Waals surface area contributed by atoms with E-state index < -0.39 is 5.41 Å². The van der Waals surface area contributed by atoms with Gasteiger partial charge in [-0.05, 0) is 50.9 Å². The van der Waals surface area contributed by atoms with Crippen LogP contribution in [0.15, 0.2) is 35.4 Å². The molecule has 5 heterocycles. The molecule has 8 heteroatoms. The van der Waals surface area contributed by atoms with Gasteiger partial charge in [0.1, 0.15) is 17.3 Å². The highest BCUT2D eigenvalue weighted by Crippen LogP contribution is 2.43. The average Bonchev–Trinajstić information content (AvgIpc) is 3.37. The number of pyridine rings is 1. The fourth-order valence-electron chi connectivity index (χ4n) is 5.08. The summed E-state index contributed by atoms with van der Waals surface area (Å²) in [7, 11) is 0. The molecule has 1 spiro atoms. The minimum absolute atomic E-state index is 0.0489. The molecule has 5 rings (SSSR count). The smallest absolute Gasteiger partial charge is 0.312 e. The van der Waals surface area contributed by atoms with Crippen LogP contribution >= 0.6 is 0 Å². The molecule has 1 amide bonds. The fraction of sp³-hybridized carbons (Fsp3) is 0.545. The zero-order valence-electron chi connectivity index (χ0n) is 17.0. The highest BCUT2D eigenvalue weighted by molar-refractivity contribution is 5.94. The maximum absolute atomic E-state index is 13.0. The van der Waals surface area contributed by atoms with Crippen LogP contribution < -0.4 is 5.56 Å². The fourth-order valence-corrected chi connectivity index (χ4v) is 5.08. The molecule has 3 fully saturated rings. The van der Waals surface area contributed by atoms with Gasteiger partial charge in [-0.3, -0.25) is 23.7 Å². The Kier molecular flexibility index (Phi) is 4.81. The molecule has 0 radical (unpaired) electrons. The van der Waals surface area contributed by atoms with Crippen molar-refractivity contribution in [2.24, 2.45) is 5.41 Å². The molecular weight excluding hydrogens is 384 g/mol. The number of rotatable bonds is 3. The van der Waals surface area contributed by atoms with Crippen molar-refractivity contribution < 1.29 is 14.3 Å². The third kappa shape index (κ3) is 3.29. The van der Waals surface area contributed by atoms with E-state index in [-0.39, 0.29) is 29.1 Å². The number of esters is 1. The van der Waals surface area contributed by atoms with Crippen molar-refractivity contribution in [2.75, 3.05) is 32.7 Å². The summed E-state index contributed by atoms with van der Waals surface area (Å²) >= 11 is 0. The molecule has 0 aliphatic carbocycles. The Hall–Kier alpha value is -2.74. The molecular formula is C22H26N4O4. The molecule has 3 saturated heterocycles. The summed E-state index contributed by atoms with van der Waals surface area (Å²) in [6.45, 7) is 3.87. The normalized spacial score (nSPS) is 23.9. The zero-order valence-corrected chi connectivity index (χ0v) is 17.0. The van der Waals surface area contributed by atoms with Crippen molar-refractivity contribution in [3.63, 3.8) is 0 Å². The van der Waals surface area contributed by atoms with Crippen molar-refractivity contribution >= 4 is 17.5 Å². The van der Waals surface area contributed by atoms with Crippen LogP contribution in [-0.2, 0) is 9.53 Å². The number of carbonyl (C=O) groups excluding carboxylic acids is 2. The Labute approximate surface area is 174 Å². The van der Waals surface area contributed by atoms with Gasteiger partial charge < -0.3 is 9.64 Å². The van der Waals surface area contributed by atoms with Gasteiger partial charge in [0.05, 0.1) is 5.41 Å². The SMILES string of the molecule is O=C(c1cnc2ccccn2c1=O)N1CCC2(CC1)CC(CN1CCCC1)OC2=O. The first kappa shape index (κ1) is 19.2. The molecule has 2 aromatic rings. The lowest BCUT2D eigenvalue weighted by molar-refractivity contribution is -0.150. The van der Waals surface area contributed by atoms with E-state index in [1.54, 1.807) is 29.3 Å². The monoisotopic (exact) mass is 410 g/mol. The molecule has 0 aromatic carbocycles. The molecule has 0 N–H and O–H groups in total. The summed E-state index contributed by atoms with van der Waals surface area (Å²) in [6.07, 6.45) is 7.24. The highest BCUT2D eigenvalue weighted by Gasteiger charge is 2.51. The number of carbonyl (C=O) groups is 2. The first-order chi connectivity index (χ1) is 14.6. The van der Waals surface area contributed by atoms with Crippen molar-refractivity contribution in [1.29, 1.82) is 0 Å². The second kappa shape index (κ2) is 7.50. The number of piperidine rings is 1. The Balaban J connectivity index is 1.27. The molecule has 2 aromatic heterocycles. The summed E-state index contributed by atoms with van der Waals surface area (Å²) in [5, 5.41) is 0. The summed E-state index contributed by atoms with van der Waals surface area (Å²) in [5.74, 6) is -0.438. The second-order valence-electron chi connectivity index (χ2n) is 8.72. The van der Waals surface area contributed by atoms with Gasteiger partial charge >= 0.3 is 5.97 Å². The summed E-state index contributed by atoms with van der Waals surface area (Å²) in [5.41, 5.74) is -0.278. The first-order valence-corrected chi connectivity index (χ1v) is 10.7. The van der Waals surface area contributed by atoms with Crippen LogP contribution in [0, 0.1) is 5.41 Å². The van der Waals surface area contributed by atoms with Gasteiger partial charge in [-0.15, -0.1) is 0 Å². The molecule has 158 valence electrons. The lowest BCUT2D eigenvalue weighted by Crippen LogP contribution is -2.46. The van der Waals surface area contributed by atoms with Crippen LogP contribution in [0.4, 0.5) is 0 Å². The third-order valence-electron chi connectivity index (χ3n) is 6.84. The van der Waals surface area contributed by atoms with Crippen LogP contribution in [0.1, 0.15) is 42.5 Å². The highest BCUT2D eigenvalue weighted by atomic mass is 16.6. The van der Waals surface area contributed by atoms with Crippen molar-refractivity contribution in [3.8, 4) is 0 Å². The van der Waals surface area contributed by atoms with E-state index in [2.05, 4.69) is 9.88 Å². The van der Waals surface area contributed by atoms with Gasteiger partial charge in [0.25, 0.3) is 11.5 Å². The van der Waals surface area contributed by atoms with Crippen LogP contribution in [-0.4, -0.2) is 69.9 Å². The number of cyclic esters (lactones) is 1. The quantitative estimate of drug-likeness (QED) is 0.710. The van der Waals surface area contributed by atoms with E-state index in [1.165, 1.54) is 23.4 Å². The number of likely N-dealkylation sites (tertiary alicyclic amines) is 2. The maximum Gasteiger partial charge on any atom is 0.312 e. The Bertz CT molecular complexity index is 1030. The predicted octanol–water partition coefficient (Wildman–Crippen LogP) is 1.33. The molecule has 30 heavy (non-hydrogen) atoms. The van der Waals surface area contributed by atoms with E-state index in [1.807, 2.05) is 0 Å². The van der Waals surface area contributed by atoms with Crippen molar-refractivity contribution in [3.05, 3.63) is 46.5 Å². The first-order valence-electron chi connectivity index (χ1n) is 10.7. The van der Waals surface area contributed by atoms with Gasteiger partial charge in [0.2, 0.25) is 0 Å². The molecule has 8 nitrogen and oxygen atoms in total. The van der Waals surface area contributed by atoms with E-state index >= 15 is 0 Å². The van der Waals surface area contributed by atoms with Gasteiger partial charge in [-0.1, -0.05) is 6.07 Å². The molecule has 0 saturated carbocycles. The number of amides is 1. The average molecular weight is 410 g/mol. The molecule has 1 unspecified atom stereocenters. The predicted molar refractivity (Wildman–Crippen MR) is 109 cm³/mol. The lowest BCUT2D eigenvalue weighted by atomic mass is 9.76. The largest absolute Gasteiger partial charge is 0.461 e. The standard InChI is InChI=1S/C22H26N4O4/c27-19(17-14-23-18-5-1-2-10-26(18)20(17)28)25-11-6-22(7-12-25)13-16(30-21(22)29)15-24-8-3-4-9-24/h1-2,5,10,14,16H,3-4,6-9,11-13,15H2. The molecule has 3 aliphatic rings. The maximum atomic E-state index is 13.0. The van der Waals surface area contributed by atoms with Crippen LogP contribution in [0.25, 0.3) is 5.65 Å². The number of nitrogens with zero attached hydrogens (tertiary/aromatic N) is 4. The van der Waals surface area contributed by atoms with Gasteiger partial charge in [0.15, 0.2) is 0 Å². The third-order valence-corrected chi connectivity index (χ3v) is 6.84. The zero-order chi connectivity index (χ0) is 20.7. The van der Waals surface area contributed by atoms with Crippen LogP contribution in [0.3, 0.4) is 0 Å². The lowest BCUT2D eigenvalue weighted by Gasteiger charge is -2.36. The Morgan fingerprint density at radius 3 is 2.67 bits per heavy atom. The number of hydrogen-bond donors (Lipinski definition) is 0. The Morgan fingerprint density at radius 2 is 1.90 bits per heavy atom. The topological polar surface area (TPSA) is 84.2 Å². The van der Waals surface area contributed by atoms with Crippen LogP contribution in [0.2, 0.25) is 0 Å². The van der Waals surface area contributed by atoms with E-state index in [0.29, 0.717) is 31.6 Å². The summed E-state index contributed by atoms with van der Waals surface area (Å²) < 4.78 is 7.10. The second-order valence-corrected chi connectivity index (χ2v) is 8.72. The van der Waals surface area contributed by atoms with E-state index in [0.717, 1.165) is 26.1 Å². The van der Waals surface area contributed by atoms with Crippen LogP contribution in [0.5, 0.6) is 0 Å². The molecule has 1 atom stereocenters.